The summed E-state index contributed by atoms with van der Waals surface area (Å²) in [6, 6.07) is 13.4. The predicted octanol–water partition coefficient (Wildman–Crippen LogP) is 3.51. The number of methoxy groups -OCH3 is 2. The van der Waals surface area contributed by atoms with Crippen LogP contribution in [0.3, 0.4) is 0 Å². The van der Waals surface area contributed by atoms with E-state index >= 15 is 0 Å². The van der Waals surface area contributed by atoms with E-state index in [-0.39, 0.29) is 6.17 Å². The summed E-state index contributed by atoms with van der Waals surface area (Å²) in [5.41, 5.74) is 2.68. The highest BCUT2D eigenvalue weighted by Gasteiger charge is 2.29. The van der Waals surface area contributed by atoms with Crippen LogP contribution < -0.4 is 19.5 Å². The van der Waals surface area contributed by atoms with E-state index in [0.717, 1.165) is 33.9 Å². The first-order valence-corrected chi connectivity index (χ1v) is 8.19. The number of hydrogen-bond donors (Lipinski definition) is 1. The van der Waals surface area contributed by atoms with E-state index in [1.807, 2.05) is 48.5 Å². The second-order valence-corrected chi connectivity index (χ2v) is 6.06. The molecular formula is C19H16N2O3S. The first-order valence-electron chi connectivity index (χ1n) is 7.78. The minimum atomic E-state index is -0.287. The molecule has 0 aliphatic carbocycles. The molecule has 0 saturated carbocycles. The largest absolute Gasteiger partial charge is 0.497 e. The lowest BCUT2D eigenvalue weighted by molar-refractivity contribution is 0.413. The van der Waals surface area contributed by atoms with E-state index in [1.165, 1.54) is 0 Å². The van der Waals surface area contributed by atoms with Crippen LogP contribution in [0.15, 0.2) is 53.0 Å². The fraction of sp³-hybridized carbons (Fsp3) is 0.158. The molecule has 2 heterocycles. The summed E-state index contributed by atoms with van der Waals surface area (Å²) >= 11 is 5.52. The zero-order valence-electron chi connectivity index (χ0n) is 13.8. The van der Waals surface area contributed by atoms with Gasteiger partial charge in [0.25, 0.3) is 0 Å². The summed E-state index contributed by atoms with van der Waals surface area (Å²) in [5.74, 6) is 2.83. The Kier molecular flexibility index (Phi) is 3.89. The lowest BCUT2D eigenvalue weighted by Crippen LogP contribution is -2.38. The van der Waals surface area contributed by atoms with Gasteiger partial charge in [0.1, 0.15) is 28.4 Å². The minimum Gasteiger partial charge on any atom is -0.497 e. The quantitative estimate of drug-likeness (QED) is 0.857. The van der Waals surface area contributed by atoms with Gasteiger partial charge in [-0.25, -0.2) is 4.99 Å². The Hall–Kier alpha value is -2.86. The highest BCUT2D eigenvalue weighted by Crippen LogP contribution is 2.34. The minimum absolute atomic E-state index is 0.287. The van der Waals surface area contributed by atoms with Crippen molar-refractivity contribution in [1.29, 1.82) is 0 Å². The van der Waals surface area contributed by atoms with Crippen LogP contribution in [-0.2, 0) is 0 Å². The summed E-state index contributed by atoms with van der Waals surface area (Å²) in [6.07, 6.45) is 1.69. The third-order valence-corrected chi connectivity index (χ3v) is 4.48. The van der Waals surface area contributed by atoms with Gasteiger partial charge in [0.2, 0.25) is 5.90 Å². The second kappa shape index (κ2) is 6.22. The van der Waals surface area contributed by atoms with Gasteiger partial charge in [-0.2, -0.15) is 0 Å². The van der Waals surface area contributed by atoms with Gasteiger partial charge in [-0.05, 0) is 42.0 Å². The molecule has 1 atom stereocenters. The number of fused-ring (bicyclic) bond motifs is 2. The standard InChI is InChI=1S/C19H16N2O3S/c1-22-13-5-3-11(4-6-13)17-20-18-15(19(25)21-17)10-12-9-14(23-2)7-8-16(12)24-18/h3-10,17H,1-2H3,(H,21,25). The van der Waals surface area contributed by atoms with Gasteiger partial charge in [0.05, 0.1) is 19.8 Å². The topological polar surface area (TPSA) is 52.1 Å². The fourth-order valence-electron chi connectivity index (χ4n) is 2.79. The van der Waals surface area contributed by atoms with Crippen LogP contribution in [0.25, 0.3) is 6.08 Å². The van der Waals surface area contributed by atoms with E-state index in [4.69, 9.17) is 26.4 Å². The second-order valence-electron chi connectivity index (χ2n) is 5.65. The van der Waals surface area contributed by atoms with E-state index in [9.17, 15) is 0 Å². The van der Waals surface area contributed by atoms with Gasteiger partial charge in [0.15, 0.2) is 0 Å². The van der Waals surface area contributed by atoms with E-state index in [0.29, 0.717) is 10.9 Å². The number of nitrogens with zero attached hydrogens (tertiary/aromatic N) is 1. The van der Waals surface area contributed by atoms with Crippen LogP contribution in [-0.4, -0.2) is 25.1 Å². The number of rotatable bonds is 3. The Morgan fingerprint density at radius 3 is 2.48 bits per heavy atom. The van der Waals surface area contributed by atoms with Crippen LogP contribution in [0.1, 0.15) is 17.3 Å². The van der Waals surface area contributed by atoms with Gasteiger partial charge in [-0.1, -0.05) is 24.4 Å². The van der Waals surface area contributed by atoms with Crippen LogP contribution >= 0.6 is 12.2 Å². The SMILES string of the molecule is COc1ccc(C2N=C3Oc4ccc(OC)cc4C=C3C(=S)N2)cc1. The molecule has 4 rings (SSSR count). The van der Waals surface area contributed by atoms with Crippen LogP contribution in [0.2, 0.25) is 0 Å². The third kappa shape index (κ3) is 2.85. The summed E-state index contributed by atoms with van der Waals surface area (Å²) in [4.78, 5) is 5.29. The van der Waals surface area contributed by atoms with Gasteiger partial charge in [0, 0.05) is 5.56 Å². The van der Waals surface area contributed by atoms with Crippen molar-refractivity contribution in [2.45, 2.75) is 6.17 Å². The maximum absolute atomic E-state index is 5.98. The van der Waals surface area contributed by atoms with E-state index in [2.05, 4.69) is 10.3 Å². The number of ether oxygens (including phenoxy) is 3. The van der Waals surface area contributed by atoms with Crippen LogP contribution in [0.4, 0.5) is 0 Å². The van der Waals surface area contributed by atoms with E-state index < -0.39 is 0 Å². The Balaban J connectivity index is 1.70. The number of nitrogens with one attached hydrogen (secondary N) is 1. The van der Waals surface area contributed by atoms with Crippen molar-refractivity contribution in [1.82, 2.24) is 5.32 Å². The molecule has 2 aliphatic rings. The molecule has 0 radical (unpaired) electrons. The fourth-order valence-corrected chi connectivity index (χ4v) is 3.05. The Bertz CT molecular complexity index is 903. The monoisotopic (exact) mass is 352 g/mol. The van der Waals surface area contributed by atoms with Gasteiger partial charge in [-0.15, -0.1) is 0 Å². The van der Waals surface area contributed by atoms with Gasteiger partial charge >= 0.3 is 0 Å². The average Bonchev–Trinajstić information content (AvgIpc) is 2.66. The highest BCUT2D eigenvalue weighted by atomic mass is 32.1. The number of aliphatic imine (C=N–C) groups is 1. The Labute approximate surface area is 150 Å². The van der Waals surface area contributed by atoms with Crippen molar-refractivity contribution in [2.75, 3.05) is 14.2 Å². The smallest absolute Gasteiger partial charge is 0.227 e. The van der Waals surface area contributed by atoms with Crippen molar-refractivity contribution in [3.63, 3.8) is 0 Å². The first-order chi connectivity index (χ1) is 12.2. The number of benzene rings is 2. The molecule has 2 aromatic carbocycles. The van der Waals surface area contributed by atoms with Crippen molar-refractivity contribution in [3.8, 4) is 17.2 Å². The van der Waals surface area contributed by atoms with E-state index in [1.54, 1.807) is 14.2 Å². The lowest BCUT2D eigenvalue weighted by atomic mass is 10.0. The molecule has 0 bridgehead atoms. The molecule has 0 aromatic heterocycles. The molecule has 0 spiro atoms. The molecule has 25 heavy (non-hydrogen) atoms. The molecule has 0 amide bonds. The van der Waals surface area contributed by atoms with Crippen molar-refractivity contribution in [2.24, 2.45) is 4.99 Å². The molecule has 2 aromatic rings. The Morgan fingerprint density at radius 1 is 1.04 bits per heavy atom. The van der Waals surface area contributed by atoms with Crippen LogP contribution in [0.5, 0.6) is 17.2 Å². The summed E-state index contributed by atoms with van der Waals surface area (Å²) in [6.45, 7) is 0. The lowest BCUT2D eigenvalue weighted by Gasteiger charge is -2.28. The highest BCUT2D eigenvalue weighted by molar-refractivity contribution is 7.80. The maximum Gasteiger partial charge on any atom is 0.227 e. The first kappa shape index (κ1) is 15.7. The Morgan fingerprint density at radius 2 is 1.76 bits per heavy atom. The van der Waals surface area contributed by atoms with Crippen molar-refractivity contribution < 1.29 is 14.2 Å². The normalized spacial score (nSPS) is 18.0. The zero-order chi connectivity index (χ0) is 17.4. The number of thiocarbonyl (C=S) groups is 1. The molecular weight excluding hydrogens is 336 g/mol. The predicted molar refractivity (Wildman–Crippen MR) is 101 cm³/mol. The van der Waals surface area contributed by atoms with Crippen molar-refractivity contribution >= 4 is 29.2 Å². The zero-order valence-corrected chi connectivity index (χ0v) is 14.6. The molecule has 2 aliphatic heterocycles. The molecule has 0 fully saturated rings. The molecule has 1 N–H and O–H groups in total. The average molecular weight is 352 g/mol. The molecule has 0 saturated heterocycles. The molecule has 126 valence electrons. The van der Waals surface area contributed by atoms with Gasteiger partial charge < -0.3 is 19.5 Å². The van der Waals surface area contributed by atoms with Crippen molar-refractivity contribution in [3.05, 3.63) is 59.2 Å². The molecule has 5 nitrogen and oxygen atoms in total. The third-order valence-electron chi connectivity index (χ3n) is 4.14. The summed E-state index contributed by atoms with van der Waals surface area (Å²) < 4.78 is 16.4. The van der Waals surface area contributed by atoms with Crippen LogP contribution in [0, 0.1) is 0 Å². The molecule has 1 unspecified atom stereocenters. The maximum atomic E-state index is 5.98. The molecule has 6 heteroatoms. The van der Waals surface area contributed by atoms with Gasteiger partial charge in [-0.3, -0.25) is 0 Å². The number of hydrogen-bond acceptors (Lipinski definition) is 5. The summed E-state index contributed by atoms with van der Waals surface area (Å²) in [7, 11) is 3.28. The summed E-state index contributed by atoms with van der Waals surface area (Å²) in [5, 5.41) is 3.25.